The van der Waals surface area contributed by atoms with Gasteiger partial charge in [-0.25, -0.2) is 0 Å². The van der Waals surface area contributed by atoms with Crippen LogP contribution < -0.4 is 5.73 Å². The van der Waals surface area contributed by atoms with Crippen molar-refractivity contribution < 1.29 is 14.6 Å². The predicted molar refractivity (Wildman–Crippen MR) is 131 cm³/mol. The number of nitrogens with two attached hydrogens (primary N) is 1. The quantitative estimate of drug-likeness (QED) is 0.150. The van der Waals surface area contributed by atoms with Gasteiger partial charge >= 0.3 is 5.97 Å². The Morgan fingerprint density at radius 3 is 1.73 bits per heavy atom. The Morgan fingerprint density at radius 2 is 1.23 bits per heavy atom. The van der Waals surface area contributed by atoms with E-state index < -0.39 is 0 Å². The average molecular weight is 430 g/mol. The number of carbonyl (C=O) groups is 1. The minimum atomic E-state index is 0.0185. The molecule has 0 heterocycles. The van der Waals surface area contributed by atoms with Crippen LogP contribution in [0.4, 0.5) is 0 Å². The van der Waals surface area contributed by atoms with Crippen molar-refractivity contribution in [3.05, 3.63) is 0 Å². The molecule has 30 heavy (non-hydrogen) atoms. The van der Waals surface area contributed by atoms with Gasteiger partial charge in [0.25, 0.3) is 0 Å². The number of hydrogen-bond acceptors (Lipinski definition) is 4. The molecule has 0 aromatic heterocycles. The van der Waals surface area contributed by atoms with Crippen LogP contribution in [0.5, 0.6) is 0 Å². The standard InChI is InChI=1S/C22H44O2.C4H11NO/c1-4-7-10-12-13-16-18-21(17-15-11-8-5-2)20-24-22(23)19-14-9-6-3;5-3-1-2-4-6/h21H,4-20H2,1-3H3;6H,1-5H2. The summed E-state index contributed by atoms with van der Waals surface area (Å²) in [5.41, 5.74) is 5.10. The van der Waals surface area contributed by atoms with Crippen LogP contribution >= 0.6 is 0 Å². The number of aliphatic hydroxyl groups is 1. The smallest absolute Gasteiger partial charge is 0.305 e. The van der Waals surface area contributed by atoms with Crippen molar-refractivity contribution in [1.29, 1.82) is 0 Å². The van der Waals surface area contributed by atoms with Crippen LogP contribution in [0, 0.1) is 5.92 Å². The molecule has 3 N–H and O–H groups in total. The van der Waals surface area contributed by atoms with E-state index in [1.165, 1.54) is 77.0 Å². The first-order chi connectivity index (χ1) is 14.7. The topological polar surface area (TPSA) is 72.5 Å². The van der Waals surface area contributed by atoms with Crippen molar-refractivity contribution >= 4 is 5.97 Å². The Balaban J connectivity index is 0. The summed E-state index contributed by atoms with van der Waals surface area (Å²) in [5, 5.41) is 8.14. The van der Waals surface area contributed by atoms with Gasteiger partial charge in [-0.05, 0) is 44.6 Å². The first-order valence-electron chi connectivity index (χ1n) is 13.1. The van der Waals surface area contributed by atoms with E-state index in [2.05, 4.69) is 20.8 Å². The molecule has 0 aliphatic rings. The van der Waals surface area contributed by atoms with Gasteiger partial charge in [0, 0.05) is 13.0 Å². The van der Waals surface area contributed by atoms with E-state index in [4.69, 9.17) is 15.6 Å². The van der Waals surface area contributed by atoms with Crippen molar-refractivity contribution in [2.24, 2.45) is 11.7 Å². The van der Waals surface area contributed by atoms with E-state index in [0.29, 0.717) is 25.5 Å². The highest BCUT2D eigenvalue weighted by Gasteiger charge is 2.12. The normalized spacial score (nSPS) is 11.6. The van der Waals surface area contributed by atoms with Crippen LogP contribution in [-0.4, -0.2) is 30.8 Å². The number of esters is 1. The Kier molecular flexibility index (Phi) is 29.9. The van der Waals surface area contributed by atoms with Crippen LogP contribution in [-0.2, 0) is 9.53 Å². The third-order valence-electron chi connectivity index (χ3n) is 5.51. The SMILES string of the molecule is CCCCCCCCC(CCCCCC)COC(=O)CCCCC.NCCCCO. The zero-order chi connectivity index (χ0) is 22.7. The maximum atomic E-state index is 11.8. The van der Waals surface area contributed by atoms with Gasteiger partial charge in [0.15, 0.2) is 0 Å². The van der Waals surface area contributed by atoms with Gasteiger partial charge < -0.3 is 15.6 Å². The van der Waals surface area contributed by atoms with Crippen molar-refractivity contribution in [2.75, 3.05) is 19.8 Å². The van der Waals surface area contributed by atoms with Crippen LogP contribution in [0.2, 0.25) is 0 Å². The predicted octanol–water partition coefficient (Wildman–Crippen LogP) is 7.16. The molecule has 0 fully saturated rings. The summed E-state index contributed by atoms with van der Waals surface area (Å²) in [4.78, 5) is 11.8. The molecule has 4 heteroatoms. The maximum Gasteiger partial charge on any atom is 0.305 e. The molecule has 0 amide bonds. The number of aliphatic hydroxyl groups excluding tert-OH is 1. The molecule has 1 atom stereocenters. The molecule has 0 aromatic rings. The van der Waals surface area contributed by atoms with E-state index >= 15 is 0 Å². The van der Waals surface area contributed by atoms with E-state index in [9.17, 15) is 4.79 Å². The van der Waals surface area contributed by atoms with Crippen molar-refractivity contribution in [1.82, 2.24) is 0 Å². The van der Waals surface area contributed by atoms with Gasteiger partial charge in [-0.3, -0.25) is 4.79 Å². The maximum absolute atomic E-state index is 11.8. The molecule has 0 aliphatic heterocycles. The summed E-state index contributed by atoms with van der Waals surface area (Å²) < 4.78 is 5.56. The van der Waals surface area contributed by atoms with Crippen molar-refractivity contribution in [3.8, 4) is 0 Å². The van der Waals surface area contributed by atoms with E-state index in [1.807, 2.05) is 0 Å². The molecule has 0 aliphatic carbocycles. The second-order valence-corrected chi connectivity index (χ2v) is 8.63. The van der Waals surface area contributed by atoms with E-state index in [1.54, 1.807) is 0 Å². The fourth-order valence-electron chi connectivity index (χ4n) is 3.44. The monoisotopic (exact) mass is 429 g/mol. The molecule has 0 saturated carbocycles. The summed E-state index contributed by atoms with van der Waals surface area (Å²) in [7, 11) is 0. The van der Waals surface area contributed by atoms with Crippen LogP contribution in [0.25, 0.3) is 0 Å². The lowest BCUT2D eigenvalue weighted by molar-refractivity contribution is -0.145. The third kappa shape index (κ3) is 27.4. The number of ether oxygens (including phenoxy) is 1. The lowest BCUT2D eigenvalue weighted by Gasteiger charge is -2.17. The second kappa shape index (κ2) is 28.4. The number of unbranched alkanes of at least 4 members (excludes halogenated alkanes) is 11. The zero-order valence-corrected chi connectivity index (χ0v) is 20.8. The summed E-state index contributed by atoms with van der Waals surface area (Å²) in [6, 6.07) is 0. The molecule has 0 spiro atoms. The lowest BCUT2D eigenvalue weighted by atomic mass is 9.95. The Bertz CT molecular complexity index is 319. The Labute approximate surface area is 188 Å². The molecule has 0 radical (unpaired) electrons. The van der Waals surface area contributed by atoms with E-state index in [0.717, 1.165) is 32.1 Å². The second-order valence-electron chi connectivity index (χ2n) is 8.63. The fourth-order valence-corrected chi connectivity index (χ4v) is 3.44. The van der Waals surface area contributed by atoms with Crippen molar-refractivity contribution in [3.63, 3.8) is 0 Å². The zero-order valence-electron chi connectivity index (χ0n) is 20.8. The number of carbonyl (C=O) groups excluding carboxylic acids is 1. The fraction of sp³-hybridized carbons (Fsp3) is 0.962. The molecule has 4 nitrogen and oxygen atoms in total. The highest BCUT2D eigenvalue weighted by molar-refractivity contribution is 5.69. The van der Waals surface area contributed by atoms with Gasteiger partial charge in [-0.2, -0.15) is 0 Å². The Hall–Kier alpha value is -0.610. The largest absolute Gasteiger partial charge is 0.465 e. The average Bonchev–Trinajstić information content (AvgIpc) is 2.75. The van der Waals surface area contributed by atoms with E-state index in [-0.39, 0.29) is 12.6 Å². The summed E-state index contributed by atoms with van der Waals surface area (Å²) >= 11 is 0. The Morgan fingerprint density at radius 1 is 0.733 bits per heavy atom. The number of hydrogen-bond donors (Lipinski definition) is 2. The minimum Gasteiger partial charge on any atom is -0.465 e. The minimum absolute atomic E-state index is 0.0185. The molecular formula is C26H55NO3. The molecule has 0 aromatic carbocycles. The molecule has 0 saturated heterocycles. The van der Waals surface area contributed by atoms with Gasteiger partial charge in [-0.15, -0.1) is 0 Å². The molecule has 0 bridgehead atoms. The number of rotatable bonds is 21. The van der Waals surface area contributed by atoms with Gasteiger partial charge in [-0.1, -0.05) is 97.8 Å². The molecular weight excluding hydrogens is 374 g/mol. The summed E-state index contributed by atoms with van der Waals surface area (Å²) in [5.74, 6) is 0.605. The third-order valence-corrected chi connectivity index (χ3v) is 5.51. The summed E-state index contributed by atoms with van der Waals surface area (Å²) in [6.45, 7) is 8.31. The molecule has 182 valence electrons. The van der Waals surface area contributed by atoms with Gasteiger partial charge in [0.1, 0.15) is 0 Å². The van der Waals surface area contributed by atoms with Crippen LogP contribution in [0.3, 0.4) is 0 Å². The van der Waals surface area contributed by atoms with Crippen LogP contribution in [0.15, 0.2) is 0 Å². The van der Waals surface area contributed by atoms with Crippen molar-refractivity contribution in [2.45, 2.75) is 136 Å². The van der Waals surface area contributed by atoms with Gasteiger partial charge in [0.2, 0.25) is 0 Å². The molecule has 1 unspecified atom stereocenters. The highest BCUT2D eigenvalue weighted by Crippen LogP contribution is 2.19. The summed E-state index contributed by atoms with van der Waals surface area (Å²) in [6.07, 6.45) is 21.4. The van der Waals surface area contributed by atoms with Crippen LogP contribution in [0.1, 0.15) is 136 Å². The first kappa shape index (κ1) is 31.6. The first-order valence-corrected chi connectivity index (χ1v) is 13.1. The molecule has 0 rings (SSSR count). The lowest BCUT2D eigenvalue weighted by Crippen LogP contribution is -2.14. The highest BCUT2D eigenvalue weighted by atomic mass is 16.5. The van der Waals surface area contributed by atoms with Gasteiger partial charge in [0.05, 0.1) is 6.61 Å².